The zero-order valence-corrected chi connectivity index (χ0v) is 13.4. The molecule has 5 aromatic rings. The smallest absolute Gasteiger partial charge is 0.127 e. The molecule has 114 valence electrons. The van der Waals surface area contributed by atoms with E-state index in [4.69, 9.17) is 4.74 Å². The standard InChI is InChI=1S/C23H16O/c1-24-20-8-4-6-16-11-13-18-14-12-17-10-9-15-5-2-3-7-19(15)21(17)23(18)22(16)20/h2-14H,1H3. The topological polar surface area (TPSA) is 9.23 Å². The van der Waals surface area contributed by atoms with Crippen LogP contribution in [0.25, 0.3) is 43.1 Å². The summed E-state index contributed by atoms with van der Waals surface area (Å²) in [5, 5.41) is 10.1. The first-order valence-electron chi connectivity index (χ1n) is 8.17. The van der Waals surface area contributed by atoms with Gasteiger partial charge in [0.05, 0.1) is 7.11 Å². The molecule has 0 radical (unpaired) electrons. The molecule has 0 aliphatic heterocycles. The second-order valence-electron chi connectivity index (χ2n) is 6.17. The molecule has 0 unspecified atom stereocenters. The Hall–Kier alpha value is -3.06. The van der Waals surface area contributed by atoms with Crippen molar-refractivity contribution in [2.75, 3.05) is 7.11 Å². The van der Waals surface area contributed by atoms with Gasteiger partial charge in [-0.15, -0.1) is 0 Å². The monoisotopic (exact) mass is 308 g/mol. The van der Waals surface area contributed by atoms with Crippen LogP contribution in [0.15, 0.2) is 78.9 Å². The summed E-state index contributed by atoms with van der Waals surface area (Å²) >= 11 is 0. The Kier molecular flexibility index (Phi) is 2.77. The number of rotatable bonds is 1. The van der Waals surface area contributed by atoms with Crippen LogP contribution in [-0.2, 0) is 0 Å². The van der Waals surface area contributed by atoms with Crippen LogP contribution in [-0.4, -0.2) is 7.11 Å². The van der Waals surface area contributed by atoms with Gasteiger partial charge in [0.2, 0.25) is 0 Å². The molecule has 1 heteroatoms. The molecule has 0 amide bonds. The average molecular weight is 308 g/mol. The van der Waals surface area contributed by atoms with Crippen molar-refractivity contribution in [1.29, 1.82) is 0 Å². The van der Waals surface area contributed by atoms with Crippen LogP contribution in [0.1, 0.15) is 0 Å². The van der Waals surface area contributed by atoms with Gasteiger partial charge in [0.25, 0.3) is 0 Å². The first-order chi connectivity index (χ1) is 11.9. The quantitative estimate of drug-likeness (QED) is 0.330. The summed E-state index contributed by atoms with van der Waals surface area (Å²) in [4.78, 5) is 0. The molecule has 0 spiro atoms. The number of benzene rings is 5. The molecule has 0 fully saturated rings. The lowest BCUT2D eigenvalue weighted by Gasteiger charge is -2.13. The summed E-state index contributed by atoms with van der Waals surface area (Å²) in [7, 11) is 1.75. The average Bonchev–Trinajstić information content (AvgIpc) is 2.66. The molecule has 0 atom stereocenters. The molecule has 5 rings (SSSR count). The van der Waals surface area contributed by atoms with Crippen LogP contribution in [0.4, 0.5) is 0 Å². The maximum Gasteiger partial charge on any atom is 0.127 e. The molecule has 0 bridgehead atoms. The largest absolute Gasteiger partial charge is 0.496 e. The van der Waals surface area contributed by atoms with E-state index in [1.807, 2.05) is 6.07 Å². The summed E-state index contributed by atoms with van der Waals surface area (Å²) in [6.45, 7) is 0. The van der Waals surface area contributed by atoms with Gasteiger partial charge in [-0.25, -0.2) is 0 Å². The molecule has 0 aliphatic rings. The Morgan fingerprint density at radius 1 is 0.500 bits per heavy atom. The molecule has 0 aromatic heterocycles. The highest BCUT2D eigenvalue weighted by Crippen LogP contribution is 2.39. The second-order valence-corrected chi connectivity index (χ2v) is 6.17. The molecule has 0 saturated heterocycles. The van der Waals surface area contributed by atoms with E-state index < -0.39 is 0 Å². The molecule has 0 heterocycles. The third-order valence-electron chi connectivity index (χ3n) is 4.91. The first-order valence-corrected chi connectivity index (χ1v) is 8.17. The van der Waals surface area contributed by atoms with Crippen molar-refractivity contribution in [3.63, 3.8) is 0 Å². The maximum absolute atomic E-state index is 5.70. The molecule has 5 aromatic carbocycles. The molecule has 0 N–H and O–H groups in total. The molecular formula is C23H16O. The van der Waals surface area contributed by atoms with E-state index in [9.17, 15) is 0 Å². The highest BCUT2D eigenvalue weighted by Gasteiger charge is 2.11. The summed E-state index contributed by atoms with van der Waals surface area (Å²) < 4.78 is 5.70. The van der Waals surface area contributed by atoms with Gasteiger partial charge >= 0.3 is 0 Å². The van der Waals surface area contributed by atoms with E-state index >= 15 is 0 Å². The second kappa shape index (κ2) is 4.97. The fourth-order valence-electron chi connectivity index (χ4n) is 3.83. The van der Waals surface area contributed by atoms with E-state index in [0.29, 0.717) is 0 Å². The SMILES string of the molecule is COc1cccc2ccc3ccc4ccc5ccccc5c4c3c12. The maximum atomic E-state index is 5.70. The van der Waals surface area contributed by atoms with E-state index in [1.54, 1.807) is 7.11 Å². The van der Waals surface area contributed by atoms with E-state index in [1.165, 1.54) is 43.1 Å². The van der Waals surface area contributed by atoms with Crippen LogP contribution in [0.2, 0.25) is 0 Å². The number of methoxy groups -OCH3 is 1. The normalized spacial score (nSPS) is 11.5. The molecule has 0 saturated carbocycles. The summed E-state index contributed by atoms with van der Waals surface area (Å²) in [6.07, 6.45) is 0. The Bertz CT molecular complexity index is 1220. The van der Waals surface area contributed by atoms with E-state index in [-0.39, 0.29) is 0 Å². The Labute approximate surface area is 140 Å². The Morgan fingerprint density at radius 2 is 1.08 bits per heavy atom. The lowest BCUT2D eigenvalue weighted by atomic mass is 9.92. The van der Waals surface area contributed by atoms with Gasteiger partial charge in [-0.3, -0.25) is 0 Å². The van der Waals surface area contributed by atoms with Crippen molar-refractivity contribution in [2.45, 2.75) is 0 Å². The van der Waals surface area contributed by atoms with Crippen LogP contribution in [0.3, 0.4) is 0 Å². The fourth-order valence-corrected chi connectivity index (χ4v) is 3.83. The van der Waals surface area contributed by atoms with Crippen molar-refractivity contribution in [2.24, 2.45) is 0 Å². The predicted molar refractivity (Wildman–Crippen MR) is 103 cm³/mol. The summed E-state index contributed by atoms with van der Waals surface area (Å²) in [5.41, 5.74) is 0. The van der Waals surface area contributed by atoms with Gasteiger partial charge in [0.15, 0.2) is 0 Å². The highest BCUT2D eigenvalue weighted by atomic mass is 16.5. The van der Waals surface area contributed by atoms with Gasteiger partial charge in [0.1, 0.15) is 5.75 Å². The van der Waals surface area contributed by atoms with Crippen molar-refractivity contribution >= 4 is 43.1 Å². The number of hydrogen-bond acceptors (Lipinski definition) is 1. The zero-order valence-electron chi connectivity index (χ0n) is 13.4. The Balaban J connectivity index is 2.18. The molecule has 24 heavy (non-hydrogen) atoms. The number of hydrogen-bond donors (Lipinski definition) is 0. The van der Waals surface area contributed by atoms with Crippen LogP contribution >= 0.6 is 0 Å². The highest BCUT2D eigenvalue weighted by molar-refractivity contribution is 6.28. The zero-order chi connectivity index (χ0) is 16.1. The molecule has 1 nitrogen and oxygen atoms in total. The first kappa shape index (κ1) is 13.4. The minimum atomic E-state index is 0.929. The third-order valence-corrected chi connectivity index (χ3v) is 4.91. The van der Waals surface area contributed by atoms with Crippen molar-refractivity contribution in [3.05, 3.63) is 78.9 Å². The fraction of sp³-hybridized carbons (Fsp3) is 0.0435. The van der Waals surface area contributed by atoms with Crippen molar-refractivity contribution in [1.82, 2.24) is 0 Å². The third kappa shape index (κ3) is 1.75. The minimum absolute atomic E-state index is 0.929. The predicted octanol–water partition coefficient (Wildman–Crippen LogP) is 6.31. The van der Waals surface area contributed by atoms with Gasteiger partial charge in [0, 0.05) is 10.8 Å². The summed E-state index contributed by atoms with van der Waals surface area (Å²) in [6, 6.07) is 28.1. The van der Waals surface area contributed by atoms with Gasteiger partial charge in [-0.05, 0) is 38.4 Å². The van der Waals surface area contributed by atoms with Crippen LogP contribution < -0.4 is 4.74 Å². The Morgan fingerprint density at radius 3 is 1.83 bits per heavy atom. The summed E-state index contributed by atoms with van der Waals surface area (Å²) in [5.74, 6) is 0.929. The van der Waals surface area contributed by atoms with Crippen molar-refractivity contribution in [3.8, 4) is 5.75 Å². The number of ether oxygens (including phenoxy) is 1. The van der Waals surface area contributed by atoms with Crippen molar-refractivity contribution < 1.29 is 4.74 Å². The van der Waals surface area contributed by atoms with Gasteiger partial charge in [-0.1, -0.05) is 72.8 Å². The van der Waals surface area contributed by atoms with Gasteiger partial charge in [-0.2, -0.15) is 0 Å². The van der Waals surface area contributed by atoms with Gasteiger partial charge < -0.3 is 4.74 Å². The lowest BCUT2D eigenvalue weighted by Crippen LogP contribution is -1.88. The molecular weight excluding hydrogens is 292 g/mol. The lowest BCUT2D eigenvalue weighted by molar-refractivity contribution is 0.420. The van der Waals surface area contributed by atoms with E-state index in [2.05, 4.69) is 72.8 Å². The van der Waals surface area contributed by atoms with E-state index in [0.717, 1.165) is 5.75 Å². The number of fused-ring (bicyclic) bond motifs is 7. The van der Waals surface area contributed by atoms with Crippen LogP contribution in [0.5, 0.6) is 5.75 Å². The molecule has 0 aliphatic carbocycles. The minimum Gasteiger partial charge on any atom is -0.496 e. The van der Waals surface area contributed by atoms with Crippen LogP contribution in [0, 0.1) is 0 Å².